The maximum atomic E-state index is 12.4. The lowest BCUT2D eigenvalue weighted by atomic mass is 10.2. The molecule has 1 aromatic heterocycles. The number of carbonyl (C=O) groups is 1. The van der Waals surface area contributed by atoms with Crippen LogP contribution in [0.25, 0.3) is 10.2 Å². The van der Waals surface area contributed by atoms with Gasteiger partial charge in [-0.05, 0) is 18.2 Å². The van der Waals surface area contributed by atoms with Gasteiger partial charge in [0.25, 0.3) is 11.6 Å². The minimum Gasteiger partial charge on any atom is -0.305 e. The van der Waals surface area contributed by atoms with Gasteiger partial charge in [0, 0.05) is 17.7 Å². The van der Waals surface area contributed by atoms with Crippen molar-refractivity contribution in [2.24, 2.45) is 4.99 Å². The first kappa shape index (κ1) is 15.6. The van der Waals surface area contributed by atoms with Crippen LogP contribution in [0.4, 0.5) is 5.69 Å². The van der Waals surface area contributed by atoms with Crippen LogP contribution in [-0.4, -0.2) is 15.4 Å². The third-order valence-electron chi connectivity index (χ3n) is 3.34. The molecule has 0 N–H and O–H groups in total. The number of terminal acetylenes is 1. The van der Waals surface area contributed by atoms with E-state index in [2.05, 4.69) is 10.9 Å². The Balaban J connectivity index is 2.11. The number of hydrogen-bond donors (Lipinski definition) is 0. The van der Waals surface area contributed by atoms with Crippen LogP contribution in [0, 0.1) is 22.5 Å². The Morgan fingerprint density at radius 3 is 2.83 bits per heavy atom. The maximum Gasteiger partial charge on any atom is 0.279 e. The molecule has 7 heteroatoms. The van der Waals surface area contributed by atoms with E-state index in [9.17, 15) is 14.9 Å². The van der Waals surface area contributed by atoms with Gasteiger partial charge in [0.05, 0.1) is 21.7 Å². The summed E-state index contributed by atoms with van der Waals surface area (Å²) < 4.78 is 2.73. The van der Waals surface area contributed by atoms with Crippen LogP contribution in [0.1, 0.15) is 10.4 Å². The highest BCUT2D eigenvalue weighted by atomic mass is 32.1. The second kappa shape index (κ2) is 6.48. The molecular formula is C17H11N3O3S. The lowest BCUT2D eigenvalue weighted by Gasteiger charge is -1.99. The number of nitro benzene ring substituents is 1. The number of nitro groups is 1. The van der Waals surface area contributed by atoms with Gasteiger partial charge in [-0.25, -0.2) is 0 Å². The second-order valence-corrected chi connectivity index (χ2v) is 5.88. The zero-order valence-corrected chi connectivity index (χ0v) is 13.2. The van der Waals surface area contributed by atoms with Crippen LogP contribution in [-0.2, 0) is 6.54 Å². The molecule has 0 aliphatic heterocycles. The first-order valence-electron chi connectivity index (χ1n) is 6.95. The summed E-state index contributed by atoms with van der Waals surface area (Å²) in [4.78, 5) is 27.2. The van der Waals surface area contributed by atoms with Crippen molar-refractivity contribution >= 4 is 33.1 Å². The first-order chi connectivity index (χ1) is 11.6. The molecule has 0 saturated carbocycles. The Morgan fingerprint density at radius 1 is 1.29 bits per heavy atom. The average molecular weight is 337 g/mol. The normalized spacial score (nSPS) is 11.4. The molecule has 0 unspecified atom stereocenters. The minimum absolute atomic E-state index is 0.149. The number of thiazole rings is 1. The predicted molar refractivity (Wildman–Crippen MR) is 91.6 cm³/mol. The number of amides is 1. The number of aromatic nitrogens is 1. The van der Waals surface area contributed by atoms with E-state index in [1.54, 1.807) is 4.57 Å². The molecule has 0 fully saturated rings. The van der Waals surface area contributed by atoms with Crippen LogP contribution < -0.4 is 4.80 Å². The number of rotatable bonds is 3. The predicted octanol–water partition coefficient (Wildman–Crippen LogP) is 2.99. The highest BCUT2D eigenvalue weighted by Gasteiger charge is 2.12. The molecule has 1 heterocycles. The van der Waals surface area contributed by atoms with Gasteiger partial charge in [-0.15, -0.1) is 6.42 Å². The molecule has 6 nitrogen and oxygen atoms in total. The summed E-state index contributed by atoms with van der Waals surface area (Å²) in [6.07, 6.45) is 5.41. The fourth-order valence-electron chi connectivity index (χ4n) is 2.25. The summed E-state index contributed by atoms with van der Waals surface area (Å²) in [5.74, 6) is 2.00. The SMILES string of the molecule is C#CCn1c(=NC(=O)c2cccc([N+](=O)[O-])c2)sc2ccccc21. The van der Waals surface area contributed by atoms with Gasteiger partial charge < -0.3 is 4.57 Å². The molecule has 1 amide bonds. The van der Waals surface area contributed by atoms with Crippen molar-refractivity contribution in [3.63, 3.8) is 0 Å². The van der Waals surface area contributed by atoms with Crippen molar-refractivity contribution in [3.05, 3.63) is 69.0 Å². The molecule has 3 aromatic rings. The quantitative estimate of drug-likeness (QED) is 0.419. The van der Waals surface area contributed by atoms with E-state index in [4.69, 9.17) is 6.42 Å². The summed E-state index contributed by atoms with van der Waals surface area (Å²) >= 11 is 1.34. The highest BCUT2D eigenvalue weighted by molar-refractivity contribution is 7.16. The van der Waals surface area contributed by atoms with E-state index in [0.717, 1.165) is 10.2 Å². The number of non-ortho nitro benzene ring substituents is 1. The summed E-state index contributed by atoms with van der Waals surface area (Å²) in [5.41, 5.74) is 0.906. The second-order valence-electron chi connectivity index (χ2n) is 4.87. The number of para-hydroxylation sites is 1. The van der Waals surface area contributed by atoms with Crippen molar-refractivity contribution in [2.75, 3.05) is 0 Å². The van der Waals surface area contributed by atoms with Crippen molar-refractivity contribution in [3.8, 4) is 12.3 Å². The zero-order valence-electron chi connectivity index (χ0n) is 12.4. The average Bonchev–Trinajstić information content (AvgIpc) is 2.93. The standard InChI is InChI=1S/C17H11N3O3S/c1-2-10-19-14-8-3-4-9-15(14)24-17(19)18-16(21)12-6-5-7-13(11-12)20(22)23/h1,3-9,11H,10H2. The van der Waals surface area contributed by atoms with Crippen molar-refractivity contribution < 1.29 is 9.72 Å². The van der Waals surface area contributed by atoms with Gasteiger partial charge in [0.2, 0.25) is 0 Å². The number of hydrogen-bond acceptors (Lipinski definition) is 4. The Morgan fingerprint density at radius 2 is 2.08 bits per heavy atom. The van der Waals surface area contributed by atoms with E-state index < -0.39 is 10.8 Å². The van der Waals surface area contributed by atoms with E-state index in [1.165, 1.54) is 35.6 Å². The smallest absolute Gasteiger partial charge is 0.279 e. The molecule has 0 radical (unpaired) electrons. The molecule has 0 aliphatic rings. The van der Waals surface area contributed by atoms with Gasteiger partial charge >= 0.3 is 0 Å². The fourth-order valence-corrected chi connectivity index (χ4v) is 3.28. The van der Waals surface area contributed by atoms with Gasteiger partial charge in [0.15, 0.2) is 4.80 Å². The van der Waals surface area contributed by atoms with Crippen molar-refractivity contribution in [2.45, 2.75) is 6.54 Å². The van der Waals surface area contributed by atoms with E-state index in [0.29, 0.717) is 4.80 Å². The summed E-state index contributed by atoms with van der Waals surface area (Å²) in [7, 11) is 0. The van der Waals surface area contributed by atoms with E-state index >= 15 is 0 Å². The van der Waals surface area contributed by atoms with Gasteiger partial charge in [-0.3, -0.25) is 14.9 Å². The van der Waals surface area contributed by atoms with Gasteiger partial charge in [-0.1, -0.05) is 35.5 Å². The third kappa shape index (κ3) is 2.95. The number of carbonyl (C=O) groups excluding carboxylic acids is 1. The Kier molecular flexibility index (Phi) is 4.22. The Hall–Kier alpha value is -3.24. The topological polar surface area (TPSA) is 77.5 Å². The van der Waals surface area contributed by atoms with Crippen molar-refractivity contribution in [1.29, 1.82) is 0 Å². The molecule has 0 atom stereocenters. The minimum atomic E-state index is -0.547. The highest BCUT2D eigenvalue weighted by Crippen LogP contribution is 2.17. The molecule has 118 valence electrons. The van der Waals surface area contributed by atoms with E-state index in [1.807, 2.05) is 24.3 Å². The molecule has 2 aromatic carbocycles. The van der Waals surface area contributed by atoms with Gasteiger partial charge in [-0.2, -0.15) is 4.99 Å². The van der Waals surface area contributed by atoms with Crippen LogP contribution >= 0.6 is 11.3 Å². The summed E-state index contributed by atoms with van der Waals surface area (Å²) in [6, 6.07) is 13.1. The Labute approximate surface area is 140 Å². The largest absolute Gasteiger partial charge is 0.305 e. The molecule has 0 saturated heterocycles. The Bertz CT molecular complexity index is 1060. The lowest BCUT2D eigenvalue weighted by Crippen LogP contribution is -2.16. The number of benzene rings is 2. The third-order valence-corrected chi connectivity index (χ3v) is 4.40. The molecule has 0 spiro atoms. The van der Waals surface area contributed by atoms with Crippen LogP contribution in [0.3, 0.4) is 0 Å². The molecule has 24 heavy (non-hydrogen) atoms. The van der Waals surface area contributed by atoms with Crippen LogP contribution in [0.2, 0.25) is 0 Å². The summed E-state index contributed by atoms with van der Waals surface area (Å²) in [6.45, 7) is 0.283. The van der Waals surface area contributed by atoms with Crippen LogP contribution in [0.5, 0.6) is 0 Å². The molecule has 0 aliphatic carbocycles. The zero-order chi connectivity index (χ0) is 17.1. The van der Waals surface area contributed by atoms with Crippen molar-refractivity contribution in [1.82, 2.24) is 4.57 Å². The first-order valence-corrected chi connectivity index (χ1v) is 7.77. The monoisotopic (exact) mass is 337 g/mol. The maximum absolute atomic E-state index is 12.4. The molecular weight excluding hydrogens is 326 g/mol. The van der Waals surface area contributed by atoms with Gasteiger partial charge in [0.1, 0.15) is 0 Å². The van der Waals surface area contributed by atoms with E-state index in [-0.39, 0.29) is 17.8 Å². The van der Waals surface area contributed by atoms with Crippen LogP contribution in [0.15, 0.2) is 53.5 Å². The fraction of sp³-hybridized carbons (Fsp3) is 0.0588. The summed E-state index contributed by atoms with van der Waals surface area (Å²) in [5, 5.41) is 10.8. The number of fused-ring (bicyclic) bond motifs is 1. The lowest BCUT2D eigenvalue weighted by molar-refractivity contribution is -0.384. The molecule has 3 rings (SSSR count). The molecule has 0 bridgehead atoms. The number of nitrogens with zero attached hydrogens (tertiary/aromatic N) is 3.